The molecule has 19 heavy (non-hydrogen) atoms. The quantitative estimate of drug-likeness (QED) is 0.921. The second-order valence-corrected chi connectivity index (χ2v) is 6.50. The fourth-order valence-corrected chi connectivity index (χ4v) is 4.34. The van der Waals surface area contributed by atoms with Crippen molar-refractivity contribution >= 4 is 11.3 Å². The number of nitrogens with zero attached hydrogens (tertiary/aromatic N) is 1. The van der Waals surface area contributed by atoms with Crippen molar-refractivity contribution in [2.75, 3.05) is 13.2 Å². The van der Waals surface area contributed by atoms with Gasteiger partial charge < -0.3 is 10.5 Å². The molecule has 4 atom stereocenters. The van der Waals surface area contributed by atoms with Gasteiger partial charge in [0.15, 0.2) is 0 Å². The Labute approximate surface area is 119 Å². The van der Waals surface area contributed by atoms with Gasteiger partial charge in [0, 0.05) is 18.6 Å². The first kappa shape index (κ1) is 13.6. The highest BCUT2D eigenvalue weighted by Crippen LogP contribution is 2.37. The van der Waals surface area contributed by atoms with Gasteiger partial charge in [0.05, 0.1) is 18.8 Å². The first-order chi connectivity index (χ1) is 9.31. The van der Waals surface area contributed by atoms with Crippen LogP contribution in [-0.2, 0) is 4.74 Å². The number of thiophene rings is 1. The Kier molecular flexibility index (Phi) is 4.22. The molecule has 0 radical (unpaired) electrons. The molecule has 4 unspecified atom stereocenters. The Balaban J connectivity index is 1.86. The lowest BCUT2D eigenvalue weighted by Gasteiger charge is -2.44. The van der Waals surface area contributed by atoms with Gasteiger partial charge in [-0.1, -0.05) is 6.92 Å². The Morgan fingerprint density at radius 2 is 2.42 bits per heavy atom. The molecule has 2 aliphatic rings. The molecule has 0 bridgehead atoms. The van der Waals surface area contributed by atoms with E-state index in [0.29, 0.717) is 18.2 Å². The number of nitrogens with two attached hydrogens (primary N) is 1. The van der Waals surface area contributed by atoms with E-state index in [1.807, 2.05) is 0 Å². The summed E-state index contributed by atoms with van der Waals surface area (Å²) in [6.45, 7) is 4.07. The lowest BCUT2D eigenvalue weighted by atomic mass is 9.95. The Hall–Kier alpha value is -0.420. The molecule has 1 aliphatic heterocycles. The molecule has 106 valence electrons. The number of hydrogen-bond acceptors (Lipinski definition) is 4. The van der Waals surface area contributed by atoms with E-state index in [2.05, 4.69) is 28.7 Å². The van der Waals surface area contributed by atoms with Crippen LogP contribution in [0.25, 0.3) is 0 Å². The average Bonchev–Trinajstić information content (AvgIpc) is 3.09. The molecule has 1 saturated carbocycles. The average molecular weight is 280 g/mol. The number of rotatable bonds is 4. The van der Waals surface area contributed by atoms with Gasteiger partial charge in [-0.25, -0.2) is 0 Å². The summed E-state index contributed by atoms with van der Waals surface area (Å²) in [6.07, 6.45) is 5.25. The molecular weight excluding hydrogens is 256 g/mol. The minimum absolute atomic E-state index is 0.217. The van der Waals surface area contributed by atoms with Gasteiger partial charge in [0.25, 0.3) is 0 Å². The monoisotopic (exact) mass is 280 g/mol. The van der Waals surface area contributed by atoms with Gasteiger partial charge in [-0.3, -0.25) is 4.90 Å². The van der Waals surface area contributed by atoms with Crippen LogP contribution in [0.2, 0.25) is 0 Å². The summed E-state index contributed by atoms with van der Waals surface area (Å²) < 4.78 is 5.93. The van der Waals surface area contributed by atoms with Crippen LogP contribution in [0.5, 0.6) is 0 Å². The number of morpholine rings is 1. The molecule has 0 aromatic carbocycles. The molecule has 3 nitrogen and oxygen atoms in total. The third-order valence-corrected chi connectivity index (χ3v) is 5.35. The van der Waals surface area contributed by atoms with E-state index in [1.165, 1.54) is 24.8 Å². The summed E-state index contributed by atoms with van der Waals surface area (Å²) in [5.41, 5.74) is 7.84. The zero-order valence-electron chi connectivity index (χ0n) is 11.6. The predicted octanol–water partition coefficient (Wildman–Crippen LogP) is 2.78. The minimum atomic E-state index is 0.217. The topological polar surface area (TPSA) is 38.5 Å². The number of fused-ring (bicyclic) bond motifs is 1. The fraction of sp³-hybridized carbons (Fsp3) is 0.733. The fourth-order valence-electron chi connectivity index (χ4n) is 3.65. The zero-order valence-corrected chi connectivity index (χ0v) is 12.4. The maximum absolute atomic E-state index is 6.44. The van der Waals surface area contributed by atoms with Crippen molar-refractivity contribution in [3.63, 3.8) is 0 Å². The van der Waals surface area contributed by atoms with E-state index in [4.69, 9.17) is 10.5 Å². The van der Waals surface area contributed by atoms with Crippen LogP contribution in [0.1, 0.15) is 44.2 Å². The second kappa shape index (κ2) is 5.92. The van der Waals surface area contributed by atoms with Crippen molar-refractivity contribution in [3.8, 4) is 0 Å². The van der Waals surface area contributed by atoms with Gasteiger partial charge in [-0.05, 0) is 48.1 Å². The zero-order chi connectivity index (χ0) is 13.2. The molecule has 1 aromatic rings. The molecule has 2 N–H and O–H groups in total. The van der Waals surface area contributed by atoms with Crippen LogP contribution in [0, 0.1) is 0 Å². The van der Waals surface area contributed by atoms with Crippen molar-refractivity contribution < 1.29 is 4.74 Å². The molecule has 2 fully saturated rings. The maximum Gasteiger partial charge on any atom is 0.0731 e. The maximum atomic E-state index is 6.44. The van der Waals surface area contributed by atoms with E-state index in [1.54, 1.807) is 11.3 Å². The highest BCUT2D eigenvalue weighted by molar-refractivity contribution is 7.07. The smallest absolute Gasteiger partial charge is 0.0731 e. The van der Waals surface area contributed by atoms with Crippen LogP contribution >= 0.6 is 11.3 Å². The third kappa shape index (κ3) is 2.59. The van der Waals surface area contributed by atoms with Crippen LogP contribution in [0.3, 0.4) is 0 Å². The van der Waals surface area contributed by atoms with Crippen molar-refractivity contribution in [1.82, 2.24) is 4.90 Å². The minimum Gasteiger partial charge on any atom is -0.375 e. The lowest BCUT2D eigenvalue weighted by molar-refractivity contribution is -0.0762. The van der Waals surface area contributed by atoms with E-state index in [9.17, 15) is 0 Å². The van der Waals surface area contributed by atoms with Crippen molar-refractivity contribution in [2.45, 2.75) is 56.8 Å². The van der Waals surface area contributed by atoms with Gasteiger partial charge in [0.2, 0.25) is 0 Å². The molecule has 4 heteroatoms. The van der Waals surface area contributed by atoms with Gasteiger partial charge in [-0.15, -0.1) is 0 Å². The molecular formula is C15H24N2OS. The highest BCUT2D eigenvalue weighted by Gasteiger charge is 2.41. The van der Waals surface area contributed by atoms with Crippen LogP contribution in [0.4, 0.5) is 0 Å². The first-order valence-electron chi connectivity index (χ1n) is 7.46. The van der Waals surface area contributed by atoms with Crippen LogP contribution < -0.4 is 5.73 Å². The van der Waals surface area contributed by atoms with Gasteiger partial charge >= 0.3 is 0 Å². The summed E-state index contributed by atoms with van der Waals surface area (Å²) in [6, 6.07) is 3.40. The van der Waals surface area contributed by atoms with Gasteiger partial charge in [-0.2, -0.15) is 11.3 Å². The standard InChI is InChI=1S/C15H24N2OS/c1-2-12(16)15(11-6-9-19-10-11)17-7-8-18-14-5-3-4-13(14)17/h6,9-10,12-15H,2-5,7-8,16H2,1H3. The van der Waals surface area contributed by atoms with Gasteiger partial charge in [0.1, 0.15) is 0 Å². The Bertz CT molecular complexity index is 395. The normalized spacial score (nSPS) is 31.1. The van der Waals surface area contributed by atoms with Crippen molar-refractivity contribution in [1.29, 1.82) is 0 Å². The summed E-state index contributed by atoms with van der Waals surface area (Å²) in [4.78, 5) is 2.64. The number of hydrogen-bond donors (Lipinski definition) is 1. The summed E-state index contributed by atoms with van der Waals surface area (Å²) in [5.74, 6) is 0. The SMILES string of the molecule is CCC(N)C(c1ccsc1)N1CCOC2CCCC21. The molecule has 2 heterocycles. The van der Waals surface area contributed by atoms with E-state index < -0.39 is 0 Å². The molecule has 3 rings (SSSR count). The molecule has 1 saturated heterocycles. The lowest BCUT2D eigenvalue weighted by Crippen LogP contribution is -2.53. The Morgan fingerprint density at radius 3 is 3.16 bits per heavy atom. The highest BCUT2D eigenvalue weighted by atomic mass is 32.1. The Morgan fingerprint density at radius 1 is 1.53 bits per heavy atom. The van der Waals surface area contributed by atoms with E-state index >= 15 is 0 Å². The van der Waals surface area contributed by atoms with E-state index in [0.717, 1.165) is 19.6 Å². The van der Waals surface area contributed by atoms with Crippen LogP contribution in [-0.4, -0.2) is 36.2 Å². The van der Waals surface area contributed by atoms with Crippen LogP contribution in [0.15, 0.2) is 16.8 Å². The summed E-state index contributed by atoms with van der Waals surface area (Å²) in [7, 11) is 0. The summed E-state index contributed by atoms with van der Waals surface area (Å²) in [5, 5.41) is 4.43. The second-order valence-electron chi connectivity index (χ2n) is 5.72. The first-order valence-corrected chi connectivity index (χ1v) is 8.40. The molecule has 0 amide bonds. The van der Waals surface area contributed by atoms with E-state index in [-0.39, 0.29) is 6.04 Å². The van der Waals surface area contributed by atoms with Crippen molar-refractivity contribution in [3.05, 3.63) is 22.4 Å². The van der Waals surface area contributed by atoms with Crippen molar-refractivity contribution in [2.24, 2.45) is 5.73 Å². The third-order valence-electron chi connectivity index (χ3n) is 4.64. The molecule has 1 aromatic heterocycles. The molecule has 1 aliphatic carbocycles. The largest absolute Gasteiger partial charge is 0.375 e. The summed E-state index contributed by atoms with van der Waals surface area (Å²) >= 11 is 1.77. The predicted molar refractivity (Wildman–Crippen MR) is 79.4 cm³/mol. The molecule has 0 spiro atoms. The number of ether oxygens (including phenoxy) is 1.